The first kappa shape index (κ1) is 17.2. The standard InChI is InChI=1S/C17H16O4S2/c18-22(19,13-11-16-7-3-1-4-8-16)15-23(20,21)14-12-17-9-5-2-6-10-17/h1-14H,15H2/b13-11-,14-12+. The van der Waals surface area contributed by atoms with E-state index in [1.807, 2.05) is 12.1 Å². The van der Waals surface area contributed by atoms with Crippen molar-refractivity contribution in [3.8, 4) is 0 Å². The van der Waals surface area contributed by atoms with Crippen LogP contribution in [0.1, 0.15) is 11.1 Å². The molecule has 0 aliphatic heterocycles. The maximum Gasteiger partial charge on any atom is 0.186 e. The van der Waals surface area contributed by atoms with Gasteiger partial charge in [0.1, 0.15) is 0 Å². The van der Waals surface area contributed by atoms with Gasteiger partial charge < -0.3 is 0 Å². The summed E-state index contributed by atoms with van der Waals surface area (Å²) < 4.78 is 47.7. The molecule has 0 spiro atoms. The van der Waals surface area contributed by atoms with Crippen LogP contribution in [0, 0.1) is 0 Å². The zero-order chi connectivity index (χ0) is 16.8. The first-order chi connectivity index (χ1) is 10.9. The number of hydrogen-bond donors (Lipinski definition) is 0. The molecule has 0 heterocycles. The highest BCUT2D eigenvalue weighted by atomic mass is 32.3. The van der Waals surface area contributed by atoms with Gasteiger partial charge in [0.25, 0.3) is 0 Å². The topological polar surface area (TPSA) is 68.3 Å². The van der Waals surface area contributed by atoms with Gasteiger partial charge in [0.15, 0.2) is 24.8 Å². The molecule has 0 saturated heterocycles. The van der Waals surface area contributed by atoms with Gasteiger partial charge >= 0.3 is 0 Å². The second-order valence-corrected chi connectivity index (χ2v) is 9.01. The third-order valence-corrected chi connectivity index (χ3v) is 6.59. The van der Waals surface area contributed by atoms with Gasteiger partial charge in [-0.15, -0.1) is 0 Å². The minimum Gasteiger partial charge on any atom is -0.223 e. The first-order valence-electron chi connectivity index (χ1n) is 6.78. The molecule has 0 bridgehead atoms. The van der Waals surface area contributed by atoms with E-state index in [0.29, 0.717) is 11.1 Å². The quantitative estimate of drug-likeness (QED) is 0.804. The molecule has 0 aliphatic carbocycles. The normalized spacial score (nSPS) is 12.9. The van der Waals surface area contributed by atoms with Crippen LogP contribution < -0.4 is 0 Å². The Morgan fingerprint density at radius 3 is 1.30 bits per heavy atom. The number of rotatable bonds is 6. The maximum absolute atomic E-state index is 11.9. The summed E-state index contributed by atoms with van der Waals surface area (Å²) in [5, 5.41) is 0.902. The highest BCUT2D eigenvalue weighted by Crippen LogP contribution is 2.09. The summed E-state index contributed by atoms with van der Waals surface area (Å²) in [4.78, 5) is 0. The molecule has 23 heavy (non-hydrogen) atoms. The van der Waals surface area contributed by atoms with Crippen LogP contribution in [0.3, 0.4) is 0 Å². The van der Waals surface area contributed by atoms with E-state index < -0.39 is 24.8 Å². The Bertz CT molecular complexity index is 818. The summed E-state index contributed by atoms with van der Waals surface area (Å²) in [5.74, 6) is 0. The molecule has 4 nitrogen and oxygen atoms in total. The molecule has 2 aromatic rings. The van der Waals surface area contributed by atoms with E-state index in [9.17, 15) is 16.8 Å². The molecule has 0 radical (unpaired) electrons. The SMILES string of the molecule is O=S(=O)(/C=C\c1ccccc1)CS(=O)(=O)/C=C/c1ccccc1. The van der Waals surface area contributed by atoms with E-state index in [1.54, 1.807) is 48.5 Å². The van der Waals surface area contributed by atoms with Crippen LogP contribution in [0.5, 0.6) is 0 Å². The molecule has 0 N–H and O–H groups in total. The van der Waals surface area contributed by atoms with Crippen molar-refractivity contribution >= 4 is 31.8 Å². The van der Waals surface area contributed by atoms with E-state index in [1.165, 1.54) is 12.2 Å². The van der Waals surface area contributed by atoms with E-state index in [-0.39, 0.29) is 0 Å². The highest BCUT2D eigenvalue weighted by molar-refractivity contribution is 8.10. The van der Waals surface area contributed by atoms with E-state index in [4.69, 9.17) is 0 Å². The second-order valence-electron chi connectivity index (χ2n) is 4.87. The van der Waals surface area contributed by atoms with Crippen molar-refractivity contribution in [1.29, 1.82) is 0 Å². The molecule has 0 saturated carbocycles. The largest absolute Gasteiger partial charge is 0.223 e. The van der Waals surface area contributed by atoms with Crippen molar-refractivity contribution < 1.29 is 16.8 Å². The predicted molar refractivity (Wildman–Crippen MR) is 93.7 cm³/mol. The molecule has 2 aromatic carbocycles. The molecular weight excluding hydrogens is 332 g/mol. The van der Waals surface area contributed by atoms with Crippen LogP contribution in [-0.4, -0.2) is 21.9 Å². The van der Waals surface area contributed by atoms with Gasteiger partial charge in [-0.05, 0) is 23.3 Å². The fraction of sp³-hybridized carbons (Fsp3) is 0.0588. The van der Waals surface area contributed by atoms with Crippen molar-refractivity contribution in [3.63, 3.8) is 0 Å². The molecule has 0 unspecified atom stereocenters. The summed E-state index contributed by atoms with van der Waals surface area (Å²) in [6, 6.07) is 17.6. The van der Waals surface area contributed by atoms with Gasteiger partial charge in [0, 0.05) is 10.8 Å². The summed E-state index contributed by atoms with van der Waals surface area (Å²) in [7, 11) is -7.72. The Balaban J connectivity index is 2.10. The first-order valence-corrected chi connectivity index (χ1v) is 10.2. The van der Waals surface area contributed by atoms with E-state index in [0.717, 1.165) is 10.8 Å². The molecule has 120 valence electrons. The summed E-state index contributed by atoms with van der Waals surface area (Å²) in [6.45, 7) is 0. The highest BCUT2D eigenvalue weighted by Gasteiger charge is 2.17. The zero-order valence-corrected chi connectivity index (χ0v) is 13.9. The average molecular weight is 348 g/mol. The monoisotopic (exact) mass is 348 g/mol. The number of benzene rings is 2. The predicted octanol–water partition coefficient (Wildman–Crippen LogP) is 3.12. The Labute approximate surface area is 136 Å². The lowest BCUT2D eigenvalue weighted by molar-refractivity contribution is 0.598. The summed E-state index contributed by atoms with van der Waals surface area (Å²) in [6.07, 6.45) is 2.76. The minimum atomic E-state index is -3.86. The van der Waals surface area contributed by atoms with Crippen molar-refractivity contribution in [1.82, 2.24) is 0 Å². The Morgan fingerprint density at radius 1 is 0.609 bits per heavy atom. The van der Waals surface area contributed by atoms with Gasteiger partial charge in [0.05, 0.1) is 0 Å². The van der Waals surface area contributed by atoms with Gasteiger partial charge in [0.2, 0.25) is 0 Å². The van der Waals surface area contributed by atoms with Crippen LogP contribution in [0.15, 0.2) is 71.5 Å². The zero-order valence-electron chi connectivity index (χ0n) is 12.2. The maximum atomic E-state index is 11.9. The fourth-order valence-corrected chi connectivity index (χ4v) is 4.99. The molecule has 0 amide bonds. The molecular formula is C17H16O4S2. The van der Waals surface area contributed by atoms with Crippen LogP contribution in [0.2, 0.25) is 0 Å². The van der Waals surface area contributed by atoms with Crippen LogP contribution in [-0.2, 0) is 19.7 Å². The van der Waals surface area contributed by atoms with Crippen molar-refractivity contribution in [2.24, 2.45) is 0 Å². The van der Waals surface area contributed by atoms with Crippen molar-refractivity contribution in [2.45, 2.75) is 0 Å². The lowest BCUT2D eigenvalue weighted by Gasteiger charge is -1.98. The number of hydrogen-bond acceptors (Lipinski definition) is 4. The van der Waals surface area contributed by atoms with Crippen molar-refractivity contribution in [3.05, 3.63) is 82.6 Å². The summed E-state index contributed by atoms with van der Waals surface area (Å²) in [5.41, 5.74) is 1.38. The molecule has 0 aromatic heterocycles. The third-order valence-electron chi connectivity index (χ3n) is 2.86. The van der Waals surface area contributed by atoms with Gasteiger partial charge in [-0.2, -0.15) is 0 Å². The van der Waals surface area contributed by atoms with Gasteiger partial charge in [-0.25, -0.2) is 16.8 Å². The van der Waals surface area contributed by atoms with Gasteiger partial charge in [-0.1, -0.05) is 60.7 Å². The molecule has 2 rings (SSSR count). The van der Waals surface area contributed by atoms with E-state index in [2.05, 4.69) is 0 Å². The summed E-state index contributed by atoms with van der Waals surface area (Å²) >= 11 is 0. The molecule has 6 heteroatoms. The molecule has 0 aliphatic rings. The fourth-order valence-electron chi connectivity index (χ4n) is 1.80. The lowest BCUT2D eigenvalue weighted by atomic mass is 10.2. The van der Waals surface area contributed by atoms with Gasteiger partial charge in [-0.3, -0.25) is 0 Å². The second kappa shape index (κ2) is 7.39. The minimum absolute atomic E-state index is 0.688. The average Bonchev–Trinajstić information content (AvgIpc) is 2.52. The molecule has 0 fully saturated rings. The van der Waals surface area contributed by atoms with Crippen LogP contribution in [0.4, 0.5) is 0 Å². The van der Waals surface area contributed by atoms with Crippen LogP contribution >= 0.6 is 0 Å². The van der Waals surface area contributed by atoms with Crippen molar-refractivity contribution in [2.75, 3.05) is 5.08 Å². The Hall–Kier alpha value is -2.18. The Morgan fingerprint density at radius 2 is 0.957 bits per heavy atom. The molecule has 0 atom stereocenters. The van der Waals surface area contributed by atoms with Crippen LogP contribution in [0.25, 0.3) is 12.2 Å². The Kier molecular flexibility index (Phi) is 5.52. The van der Waals surface area contributed by atoms with E-state index >= 15 is 0 Å². The third kappa shape index (κ3) is 6.22. The lowest BCUT2D eigenvalue weighted by Crippen LogP contribution is -2.11. The number of sulfone groups is 2. The smallest absolute Gasteiger partial charge is 0.186 e.